The normalized spacial score (nSPS) is 17.2. The number of amides is 1. The zero-order valence-electron chi connectivity index (χ0n) is 14.8. The highest BCUT2D eigenvalue weighted by Crippen LogP contribution is 2.29. The van der Waals surface area contributed by atoms with E-state index < -0.39 is 10.0 Å². The van der Waals surface area contributed by atoms with E-state index in [2.05, 4.69) is 4.72 Å². The molecule has 1 N–H and O–H groups in total. The van der Waals surface area contributed by atoms with E-state index in [9.17, 15) is 13.2 Å². The molecule has 2 aromatic rings. The molecule has 2 heterocycles. The number of nitrogens with one attached hydrogen (secondary N) is 1. The SMILES string of the molecule is CS(=O)(=O)NC1CCN(C(=O)CC(c2ccccc2)c2ccco2)CC1. The van der Waals surface area contributed by atoms with Gasteiger partial charge in [0.05, 0.1) is 18.4 Å². The summed E-state index contributed by atoms with van der Waals surface area (Å²) in [6.07, 6.45) is 4.39. The standard InChI is InChI=1S/C19H24N2O4S/c1-26(23,24)20-16-9-11-21(12-10-16)19(22)14-17(18-8-5-13-25-18)15-6-3-2-4-7-15/h2-8,13,16-17,20H,9-12,14H2,1H3. The minimum Gasteiger partial charge on any atom is -0.469 e. The fourth-order valence-corrected chi connectivity index (χ4v) is 4.25. The highest BCUT2D eigenvalue weighted by Gasteiger charge is 2.28. The van der Waals surface area contributed by atoms with E-state index >= 15 is 0 Å². The van der Waals surface area contributed by atoms with Crippen molar-refractivity contribution in [1.29, 1.82) is 0 Å². The van der Waals surface area contributed by atoms with Crippen molar-refractivity contribution in [3.63, 3.8) is 0 Å². The van der Waals surface area contributed by atoms with Gasteiger partial charge in [0.1, 0.15) is 5.76 Å². The zero-order chi connectivity index (χ0) is 18.6. The summed E-state index contributed by atoms with van der Waals surface area (Å²) in [5.41, 5.74) is 1.05. The Balaban J connectivity index is 1.64. The van der Waals surface area contributed by atoms with Crippen LogP contribution >= 0.6 is 0 Å². The second-order valence-corrected chi connectivity index (χ2v) is 8.51. The van der Waals surface area contributed by atoms with Crippen molar-refractivity contribution < 1.29 is 17.6 Å². The average Bonchev–Trinajstić information content (AvgIpc) is 3.14. The van der Waals surface area contributed by atoms with Gasteiger partial charge < -0.3 is 9.32 Å². The van der Waals surface area contributed by atoms with Gasteiger partial charge >= 0.3 is 0 Å². The fraction of sp³-hybridized carbons (Fsp3) is 0.421. The van der Waals surface area contributed by atoms with Gasteiger partial charge in [-0.05, 0) is 30.5 Å². The Hall–Kier alpha value is -2.12. The van der Waals surface area contributed by atoms with Crippen LogP contribution in [-0.4, -0.2) is 44.6 Å². The predicted molar refractivity (Wildman–Crippen MR) is 99.2 cm³/mol. The lowest BCUT2D eigenvalue weighted by Crippen LogP contribution is -2.46. The molecule has 0 aliphatic carbocycles. The van der Waals surface area contributed by atoms with Gasteiger partial charge in [-0.25, -0.2) is 13.1 Å². The van der Waals surface area contributed by atoms with E-state index in [-0.39, 0.29) is 17.9 Å². The van der Waals surface area contributed by atoms with Crippen molar-refractivity contribution in [2.75, 3.05) is 19.3 Å². The van der Waals surface area contributed by atoms with Crippen LogP contribution in [0.25, 0.3) is 0 Å². The van der Waals surface area contributed by atoms with Crippen LogP contribution in [0.3, 0.4) is 0 Å². The third-order valence-electron chi connectivity index (χ3n) is 4.70. The number of rotatable bonds is 6. The lowest BCUT2D eigenvalue weighted by Gasteiger charge is -2.32. The topological polar surface area (TPSA) is 79.6 Å². The molecule has 1 aliphatic rings. The fourth-order valence-electron chi connectivity index (χ4n) is 3.41. The first-order chi connectivity index (χ1) is 12.4. The molecule has 1 unspecified atom stereocenters. The smallest absolute Gasteiger partial charge is 0.223 e. The number of carbonyl (C=O) groups is 1. The van der Waals surface area contributed by atoms with Crippen molar-refractivity contribution in [2.45, 2.75) is 31.2 Å². The molecule has 1 amide bonds. The summed E-state index contributed by atoms with van der Waals surface area (Å²) in [5.74, 6) is 0.719. The molecule has 0 radical (unpaired) electrons. The quantitative estimate of drug-likeness (QED) is 0.839. The first-order valence-corrected chi connectivity index (χ1v) is 10.6. The Morgan fingerprint density at radius 1 is 1.19 bits per heavy atom. The molecule has 1 saturated heterocycles. The molecule has 1 aliphatic heterocycles. The van der Waals surface area contributed by atoms with Gasteiger partial charge in [0.15, 0.2) is 0 Å². The Kier molecular flexibility index (Phi) is 5.78. The summed E-state index contributed by atoms with van der Waals surface area (Å²) in [5, 5.41) is 0. The van der Waals surface area contributed by atoms with Gasteiger partial charge in [0.25, 0.3) is 0 Å². The Morgan fingerprint density at radius 2 is 1.88 bits per heavy atom. The maximum atomic E-state index is 12.8. The lowest BCUT2D eigenvalue weighted by atomic mass is 9.92. The van der Waals surface area contributed by atoms with Crippen LogP contribution < -0.4 is 4.72 Å². The molecular weight excluding hydrogens is 352 g/mol. The summed E-state index contributed by atoms with van der Waals surface area (Å²) < 4.78 is 30.9. The summed E-state index contributed by atoms with van der Waals surface area (Å²) in [6.45, 7) is 1.12. The van der Waals surface area contributed by atoms with E-state index in [1.807, 2.05) is 47.4 Å². The number of hydrogen-bond acceptors (Lipinski definition) is 4. The van der Waals surface area contributed by atoms with Gasteiger partial charge in [-0.15, -0.1) is 0 Å². The highest BCUT2D eigenvalue weighted by atomic mass is 32.2. The monoisotopic (exact) mass is 376 g/mol. The first-order valence-electron chi connectivity index (χ1n) is 8.76. The molecule has 0 saturated carbocycles. The summed E-state index contributed by atoms with van der Waals surface area (Å²) >= 11 is 0. The van der Waals surface area contributed by atoms with E-state index in [1.54, 1.807) is 6.26 Å². The molecule has 1 aromatic heterocycles. The number of sulfonamides is 1. The molecule has 1 atom stereocenters. The average molecular weight is 376 g/mol. The molecule has 3 rings (SSSR count). The van der Waals surface area contributed by atoms with Crippen LogP contribution in [0.2, 0.25) is 0 Å². The summed E-state index contributed by atoms with van der Waals surface area (Å²) in [4.78, 5) is 14.6. The van der Waals surface area contributed by atoms with Crippen LogP contribution in [0.4, 0.5) is 0 Å². The number of hydrogen-bond donors (Lipinski definition) is 1. The molecule has 0 bridgehead atoms. The second kappa shape index (κ2) is 8.05. The van der Waals surface area contributed by atoms with Gasteiger partial charge in [-0.3, -0.25) is 4.79 Å². The maximum Gasteiger partial charge on any atom is 0.223 e. The van der Waals surface area contributed by atoms with Crippen LogP contribution in [0, 0.1) is 0 Å². The van der Waals surface area contributed by atoms with Crippen LogP contribution in [-0.2, 0) is 14.8 Å². The highest BCUT2D eigenvalue weighted by molar-refractivity contribution is 7.88. The molecule has 26 heavy (non-hydrogen) atoms. The molecule has 1 fully saturated rings. The third kappa shape index (κ3) is 4.95. The largest absolute Gasteiger partial charge is 0.469 e. The second-order valence-electron chi connectivity index (χ2n) is 6.73. The van der Waals surface area contributed by atoms with Crippen LogP contribution in [0.1, 0.15) is 36.5 Å². The number of benzene rings is 1. The summed E-state index contributed by atoms with van der Waals surface area (Å²) in [7, 11) is -3.21. The molecule has 7 heteroatoms. The van der Waals surface area contributed by atoms with Gasteiger partial charge in [0, 0.05) is 25.6 Å². The third-order valence-corrected chi connectivity index (χ3v) is 5.46. The van der Waals surface area contributed by atoms with Crippen LogP contribution in [0.5, 0.6) is 0 Å². The van der Waals surface area contributed by atoms with Crippen molar-refractivity contribution in [2.24, 2.45) is 0 Å². The molecule has 0 spiro atoms. The maximum absolute atomic E-state index is 12.8. The van der Waals surface area contributed by atoms with E-state index in [0.29, 0.717) is 32.4 Å². The minimum atomic E-state index is -3.21. The van der Waals surface area contributed by atoms with Crippen molar-refractivity contribution in [3.8, 4) is 0 Å². The van der Waals surface area contributed by atoms with Crippen molar-refractivity contribution >= 4 is 15.9 Å². The van der Waals surface area contributed by atoms with Crippen molar-refractivity contribution in [3.05, 3.63) is 60.1 Å². The van der Waals surface area contributed by atoms with E-state index in [0.717, 1.165) is 11.3 Å². The van der Waals surface area contributed by atoms with E-state index in [4.69, 9.17) is 4.42 Å². The Labute approximate surface area is 154 Å². The lowest BCUT2D eigenvalue weighted by molar-refractivity contribution is -0.132. The zero-order valence-corrected chi connectivity index (χ0v) is 15.6. The predicted octanol–water partition coefficient (Wildman–Crippen LogP) is 2.34. The van der Waals surface area contributed by atoms with Crippen LogP contribution in [0.15, 0.2) is 53.1 Å². The number of carbonyl (C=O) groups excluding carboxylic acids is 1. The Morgan fingerprint density at radius 3 is 2.46 bits per heavy atom. The summed E-state index contributed by atoms with van der Waals surface area (Å²) in [6, 6.07) is 13.5. The van der Waals surface area contributed by atoms with Crippen molar-refractivity contribution in [1.82, 2.24) is 9.62 Å². The molecule has 6 nitrogen and oxygen atoms in total. The first kappa shape index (κ1) is 18.7. The number of likely N-dealkylation sites (tertiary alicyclic amines) is 1. The Bertz CT molecular complexity index is 810. The molecule has 140 valence electrons. The molecule has 1 aromatic carbocycles. The number of nitrogens with zero attached hydrogens (tertiary/aromatic N) is 1. The van der Waals surface area contributed by atoms with Gasteiger partial charge in [0.2, 0.25) is 15.9 Å². The van der Waals surface area contributed by atoms with E-state index in [1.165, 1.54) is 6.26 Å². The number of piperidine rings is 1. The molecular formula is C19H24N2O4S. The minimum absolute atomic E-state index is 0.0630. The van der Waals surface area contributed by atoms with Gasteiger partial charge in [-0.1, -0.05) is 30.3 Å². The van der Waals surface area contributed by atoms with Gasteiger partial charge in [-0.2, -0.15) is 0 Å². The number of furan rings is 1.